The Morgan fingerprint density at radius 1 is 1.09 bits per heavy atom. The first-order chi connectivity index (χ1) is 25.2. The van der Waals surface area contributed by atoms with Crippen molar-refractivity contribution in [1.82, 2.24) is 24.7 Å². The van der Waals surface area contributed by atoms with E-state index in [0.717, 1.165) is 4.59 Å². The van der Waals surface area contributed by atoms with Crippen molar-refractivity contribution in [2.24, 2.45) is 28.8 Å². The van der Waals surface area contributed by atoms with Gasteiger partial charge in [-0.3, -0.25) is 9.59 Å². The molecule has 17 heteroatoms. The molecule has 2 radical (unpaired) electrons. The summed E-state index contributed by atoms with van der Waals surface area (Å²) in [6.07, 6.45) is -3.16. The first-order valence-electron chi connectivity index (χ1n) is 19.1. The number of likely N-dealkylation sites (N-methyl/N-ethyl adjacent to an activating group) is 2. The molecule has 16 nitrogen and oxygen atoms in total. The van der Waals surface area contributed by atoms with E-state index in [1.807, 2.05) is 44.8 Å². The van der Waals surface area contributed by atoms with Crippen LogP contribution in [-0.2, 0) is 39.8 Å². The molecular formula is C37H65BN6O10. The van der Waals surface area contributed by atoms with Gasteiger partial charge in [0.05, 0.1) is 35.3 Å². The lowest BCUT2D eigenvalue weighted by molar-refractivity contribution is -0.295. The molecule has 306 valence electrons. The van der Waals surface area contributed by atoms with E-state index in [9.17, 15) is 24.9 Å². The number of cyclic esters (lactones) is 1. The molecule has 13 atom stereocenters. The van der Waals surface area contributed by atoms with Gasteiger partial charge in [0.1, 0.15) is 30.3 Å². The minimum atomic E-state index is -1.90. The van der Waals surface area contributed by atoms with Crippen LogP contribution in [0.4, 0.5) is 0 Å². The highest BCUT2D eigenvalue weighted by molar-refractivity contribution is 6.05. The molecule has 0 aromatic carbocycles. The number of esters is 1. The number of hydrogen-bond donors (Lipinski definition) is 3. The molecule has 3 heterocycles. The van der Waals surface area contributed by atoms with Gasteiger partial charge in [-0.15, -0.1) is 5.10 Å². The van der Waals surface area contributed by atoms with Crippen LogP contribution >= 0.6 is 0 Å². The van der Waals surface area contributed by atoms with Crippen LogP contribution in [0.25, 0.3) is 0 Å². The number of ketones is 1. The lowest BCUT2D eigenvalue weighted by Gasteiger charge is -2.47. The Morgan fingerprint density at radius 3 is 2.33 bits per heavy atom. The number of rotatable bonds is 12. The zero-order chi connectivity index (χ0) is 40.7. The molecule has 0 bridgehead atoms. The van der Waals surface area contributed by atoms with E-state index >= 15 is 0 Å². The maximum absolute atomic E-state index is 14.2. The third-order valence-electron chi connectivity index (χ3n) is 11.3. The van der Waals surface area contributed by atoms with Gasteiger partial charge < -0.3 is 53.5 Å². The number of methoxy groups -OCH3 is 1. The van der Waals surface area contributed by atoms with Gasteiger partial charge in [0.25, 0.3) is 7.98 Å². The number of ether oxygens (including phenoxy) is 4. The topological polar surface area (TPSA) is 191 Å². The first-order valence-corrected chi connectivity index (χ1v) is 19.1. The summed E-state index contributed by atoms with van der Waals surface area (Å²) >= 11 is 0. The summed E-state index contributed by atoms with van der Waals surface area (Å²) in [5.74, 6) is -4.76. The maximum Gasteiger partial charge on any atom is 0.316 e. The Bertz CT molecular complexity index is 1400. The van der Waals surface area contributed by atoms with Crippen LogP contribution in [0, 0.1) is 23.7 Å². The first kappa shape index (κ1) is 45.9. The Morgan fingerprint density at radius 2 is 1.76 bits per heavy atom. The van der Waals surface area contributed by atoms with E-state index < -0.39 is 77.3 Å². The van der Waals surface area contributed by atoms with E-state index in [1.54, 1.807) is 33.9 Å². The lowest BCUT2D eigenvalue weighted by atomic mass is 9.74. The molecule has 0 spiro atoms. The average molecular weight is 765 g/mol. The number of aliphatic hydroxyl groups excluding tert-OH is 2. The van der Waals surface area contributed by atoms with Crippen molar-refractivity contribution in [2.45, 2.75) is 135 Å². The van der Waals surface area contributed by atoms with Crippen LogP contribution in [-0.4, -0.2) is 167 Å². The Labute approximate surface area is 322 Å². The van der Waals surface area contributed by atoms with Crippen LogP contribution < -0.4 is 0 Å². The molecule has 1 aromatic heterocycles. The van der Waals surface area contributed by atoms with Crippen LogP contribution in [0.5, 0.6) is 0 Å². The summed E-state index contributed by atoms with van der Waals surface area (Å²) in [6.45, 7) is 15.0. The number of hydrogen-bond acceptors (Lipinski definition) is 15. The van der Waals surface area contributed by atoms with Gasteiger partial charge in [-0.2, -0.15) is 0 Å². The molecule has 2 saturated heterocycles. The molecule has 2 aliphatic rings. The molecule has 0 unspecified atom stereocenters. The average Bonchev–Trinajstić information content (AvgIpc) is 3.54. The Kier molecular flexibility index (Phi) is 16.6. The zero-order valence-corrected chi connectivity index (χ0v) is 34.3. The summed E-state index contributed by atoms with van der Waals surface area (Å²) in [5, 5.41) is 47.6. The summed E-state index contributed by atoms with van der Waals surface area (Å²) in [5.41, 5.74) is -2.00. The zero-order valence-electron chi connectivity index (χ0n) is 34.3. The molecule has 2 fully saturated rings. The summed E-state index contributed by atoms with van der Waals surface area (Å²) in [4.78, 5) is 37.6. The molecule has 0 aliphatic carbocycles. The van der Waals surface area contributed by atoms with E-state index in [2.05, 4.69) is 15.5 Å². The Balaban J connectivity index is 2.06. The van der Waals surface area contributed by atoms with Gasteiger partial charge in [0.2, 0.25) is 0 Å². The molecule has 0 amide bonds. The van der Waals surface area contributed by atoms with E-state index in [0.29, 0.717) is 37.3 Å². The predicted octanol–water partition coefficient (Wildman–Crippen LogP) is 1.22. The van der Waals surface area contributed by atoms with Crippen LogP contribution in [0.15, 0.2) is 11.4 Å². The quantitative estimate of drug-likeness (QED) is 0.0906. The smallest absolute Gasteiger partial charge is 0.316 e. The molecule has 54 heavy (non-hydrogen) atoms. The van der Waals surface area contributed by atoms with Crippen molar-refractivity contribution in [3.05, 3.63) is 11.9 Å². The normalized spacial score (nSPS) is 38.5. The van der Waals surface area contributed by atoms with E-state index in [4.69, 9.17) is 31.8 Å². The fraction of sp³-hybridized carbons (Fsp3) is 0.865. The highest BCUT2D eigenvalue weighted by Crippen LogP contribution is 2.38. The summed E-state index contributed by atoms with van der Waals surface area (Å²) in [6, 6.07) is -0.378. The summed E-state index contributed by atoms with van der Waals surface area (Å²) in [7, 11) is 12.9. The number of carbonyl (C=O) groups is 2. The second-order valence-corrected chi connectivity index (χ2v) is 16.1. The molecular weight excluding hydrogens is 699 g/mol. The molecule has 1 aromatic rings. The van der Waals surface area contributed by atoms with E-state index in [1.165, 1.54) is 21.0 Å². The van der Waals surface area contributed by atoms with Crippen molar-refractivity contribution in [1.29, 1.82) is 0 Å². The van der Waals surface area contributed by atoms with Gasteiger partial charge in [-0.05, 0) is 68.1 Å². The number of nitrogens with zero attached hydrogens (tertiary/aromatic N) is 6. The second-order valence-electron chi connectivity index (χ2n) is 16.1. The van der Waals surface area contributed by atoms with Gasteiger partial charge >= 0.3 is 5.97 Å². The fourth-order valence-electron chi connectivity index (χ4n) is 7.77. The largest absolute Gasteiger partial charge is 0.459 e. The van der Waals surface area contributed by atoms with Crippen LogP contribution in [0.3, 0.4) is 0 Å². The molecule has 2 aliphatic heterocycles. The minimum absolute atomic E-state index is 0.172. The number of aromatic nitrogens is 3. The van der Waals surface area contributed by atoms with Crippen molar-refractivity contribution in [3.8, 4) is 0 Å². The van der Waals surface area contributed by atoms with Gasteiger partial charge in [0, 0.05) is 56.6 Å². The van der Waals surface area contributed by atoms with E-state index in [-0.39, 0.29) is 31.6 Å². The summed E-state index contributed by atoms with van der Waals surface area (Å²) < 4.78 is 26.1. The maximum atomic E-state index is 14.2. The molecule has 3 rings (SSSR count). The number of oxime groups is 1. The molecule has 3 N–H and O–H groups in total. The van der Waals surface area contributed by atoms with Crippen LogP contribution in [0.1, 0.15) is 80.3 Å². The number of aliphatic hydroxyl groups is 3. The number of Topliss-reactive ketones (excluding diaryl/α,β-unsaturated/α-hetero) is 1. The van der Waals surface area contributed by atoms with Gasteiger partial charge in [-0.25, -0.2) is 0 Å². The van der Waals surface area contributed by atoms with Crippen molar-refractivity contribution < 1.29 is 48.7 Å². The highest BCUT2D eigenvalue weighted by atomic mass is 16.7. The SMILES string of the molecule is [B]n1cc(CCN(C)[C@H]2C[C@@H](C)O[C@@H](O[C@@H]3[C@@H](C)C(=O)[C@@H](C)C(=O)O[C@H](CC)[C@@](C)(O)[C@H](O)[C@H](C)/C(=N/OCCN(C)C)[C@H](C)C[C@@]3(C)OC)[C@@H]2O)nn1. The van der Waals surface area contributed by atoms with Crippen LogP contribution in [0.2, 0.25) is 0 Å². The molecule has 0 saturated carbocycles. The van der Waals surface area contributed by atoms with Crippen molar-refractivity contribution in [3.63, 3.8) is 0 Å². The minimum Gasteiger partial charge on any atom is -0.459 e. The monoisotopic (exact) mass is 764 g/mol. The van der Waals surface area contributed by atoms with Gasteiger partial charge in [-0.1, -0.05) is 38.1 Å². The highest BCUT2D eigenvalue weighted by Gasteiger charge is 2.51. The third kappa shape index (κ3) is 11.1. The lowest BCUT2D eigenvalue weighted by Crippen LogP contribution is -2.60. The van der Waals surface area contributed by atoms with Gasteiger partial charge in [0.15, 0.2) is 12.1 Å². The fourth-order valence-corrected chi connectivity index (χ4v) is 7.77. The Hall–Kier alpha value is -2.51. The third-order valence-corrected chi connectivity index (χ3v) is 11.3. The number of carbonyl (C=O) groups excluding carboxylic acids is 2. The van der Waals surface area contributed by atoms with Crippen molar-refractivity contribution >= 4 is 25.4 Å². The van der Waals surface area contributed by atoms with Crippen molar-refractivity contribution in [2.75, 3.05) is 47.9 Å². The predicted molar refractivity (Wildman–Crippen MR) is 202 cm³/mol. The second kappa shape index (κ2) is 19.6. The standard InChI is InChI=1S/C37H65BN6O10/c1-13-28-37(8,49)32(47)23(4)29(40-51-17-16-42(9)10)21(2)19-36(7,50-12)33(24(5)30(45)25(6)34(48)53-28)54-35-31(46)27(18-22(3)52-35)43(11)15-14-26-20-44(38)41-39-26/h20-25,27-28,31-33,35,46-47,49H,13-19H2,1-12H3/b40-29+/t21-,22-,23-,24+,25-,27+,28-,31-,32-,33-,35+,36-,37-/m1/s1.